The van der Waals surface area contributed by atoms with E-state index in [0.29, 0.717) is 5.65 Å². The number of imidazole rings is 1. The fourth-order valence-electron chi connectivity index (χ4n) is 1.41. The molecule has 0 saturated carbocycles. The Bertz CT molecular complexity index is 490. The number of pyridine rings is 1. The highest BCUT2D eigenvalue weighted by Crippen LogP contribution is 2.04. The first-order chi connectivity index (χ1) is 8.20. The molecule has 0 bridgehead atoms. The van der Waals surface area contributed by atoms with Gasteiger partial charge in [0.25, 0.3) is 5.91 Å². The summed E-state index contributed by atoms with van der Waals surface area (Å²) in [6.07, 6.45) is 2.45. The van der Waals surface area contributed by atoms with E-state index < -0.39 is 6.10 Å². The minimum Gasteiger partial charge on any atom is -0.394 e. The van der Waals surface area contributed by atoms with Gasteiger partial charge in [-0.05, 0) is 12.1 Å². The molecule has 2 heterocycles. The van der Waals surface area contributed by atoms with E-state index in [0.717, 1.165) is 0 Å². The number of aliphatic hydroxyl groups excluding tert-OH is 2. The summed E-state index contributed by atoms with van der Waals surface area (Å²) >= 11 is 0. The van der Waals surface area contributed by atoms with Crippen molar-refractivity contribution in [3.8, 4) is 0 Å². The van der Waals surface area contributed by atoms with Gasteiger partial charge < -0.3 is 19.9 Å². The lowest BCUT2D eigenvalue weighted by molar-refractivity contribution is 0.0799. The van der Waals surface area contributed by atoms with Crippen molar-refractivity contribution in [1.82, 2.24) is 14.7 Å². The molecule has 2 aromatic heterocycles. The zero-order valence-electron chi connectivity index (χ0n) is 9.08. The van der Waals surface area contributed by atoms with Crippen molar-refractivity contribution in [2.24, 2.45) is 0 Å². The number of aromatic nitrogens is 2. The van der Waals surface area contributed by atoms with Crippen LogP contribution in [0.4, 0.5) is 0 Å². The first kappa shape index (κ1) is 11.6. The van der Waals surface area contributed by atoms with Crippen LogP contribution in [0, 0.1) is 0 Å². The van der Waals surface area contributed by atoms with Gasteiger partial charge in [-0.25, -0.2) is 4.98 Å². The summed E-state index contributed by atoms with van der Waals surface area (Å²) in [6.45, 7) is -0.380. The fourth-order valence-corrected chi connectivity index (χ4v) is 1.41. The fraction of sp³-hybridized carbons (Fsp3) is 0.273. The first-order valence-corrected chi connectivity index (χ1v) is 5.21. The van der Waals surface area contributed by atoms with E-state index in [9.17, 15) is 4.79 Å². The number of hydrogen-bond donors (Lipinski definition) is 3. The van der Waals surface area contributed by atoms with Gasteiger partial charge in [-0.15, -0.1) is 0 Å². The van der Waals surface area contributed by atoms with Crippen LogP contribution in [0.25, 0.3) is 5.65 Å². The highest BCUT2D eigenvalue weighted by molar-refractivity contribution is 5.92. The van der Waals surface area contributed by atoms with Crippen molar-refractivity contribution in [3.05, 3.63) is 36.3 Å². The van der Waals surface area contributed by atoms with Crippen LogP contribution in [0.2, 0.25) is 0 Å². The van der Waals surface area contributed by atoms with Gasteiger partial charge in [-0.1, -0.05) is 6.07 Å². The normalized spacial score (nSPS) is 12.6. The lowest BCUT2D eigenvalue weighted by Gasteiger charge is -2.07. The Morgan fingerprint density at radius 1 is 1.53 bits per heavy atom. The third-order valence-corrected chi connectivity index (χ3v) is 2.31. The van der Waals surface area contributed by atoms with Crippen LogP contribution in [0.5, 0.6) is 0 Å². The molecule has 6 heteroatoms. The third kappa shape index (κ3) is 2.61. The van der Waals surface area contributed by atoms with E-state index in [1.54, 1.807) is 22.9 Å². The molecule has 0 aliphatic carbocycles. The van der Waals surface area contributed by atoms with Gasteiger partial charge in [0.2, 0.25) is 0 Å². The van der Waals surface area contributed by atoms with Crippen molar-refractivity contribution in [2.75, 3.05) is 13.2 Å². The van der Waals surface area contributed by atoms with Crippen LogP contribution in [0.3, 0.4) is 0 Å². The first-order valence-electron chi connectivity index (χ1n) is 5.21. The second kappa shape index (κ2) is 4.94. The molecule has 0 aliphatic rings. The number of amides is 1. The quantitative estimate of drug-likeness (QED) is 0.661. The molecular weight excluding hydrogens is 222 g/mol. The number of fused-ring (bicyclic) bond motifs is 1. The lowest BCUT2D eigenvalue weighted by atomic mass is 10.3. The summed E-state index contributed by atoms with van der Waals surface area (Å²) in [7, 11) is 0. The molecule has 2 aromatic rings. The molecule has 0 spiro atoms. The van der Waals surface area contributed by atoms with E-state index in [2.05, 4.69) is 10.3 Å². The molecule has 2 rings (SSSR count). The van der Waals surface area contributed by atoms with E-state index in [-0.39, 0.29) is 24.8 Å². The second-order valence-electron chi connectivity index (χ2n) is 3.64. The topological polar surface area (TPSA) is 86.9 Å². The predicted molar refractivity (Wildman–Crippen MR) is 60.6 cm³/mol. The molecule has 17 heavy (non-hydrogen) atoms. The molecule has 3 N–H and O–H groups in total. The van der Waals surface area contributed by atoms with Crippen LogP contribution >= 0.6 is 0 Å². The summed E-state index contributed by atoms with van der Waals surface area (Å²) in [5.41, 5.74) is 0.960. The molecule has 0 aliphatic heterocycles. The summed E-state index contributed by atoms with van der Waals surface area (Å²) in [5, 5.41) is 20.2. The molecule has 0 saturated heterocycles. The molecule has 6 nitrogen and oxygen atoms in total. The third-order valence-electron chi connectivity index (χ3n) is 2.31. The highest BCUT2D eigenvalue weighted by Gasteiger charge is 2.11. The monoisotopic (exact) mass is 235 g/mol. The lowest BCUT2D eigenvalue weighted by Crippen LogP contribution is -2.34. The zero-order valence-corrected chi connectivity index (χ0v) is 9.08. The maximum atomic E-state index is 11.7. The van der Waals surface area contributed by atoms with Crippen molar-refractivity contribution in [1.29, 1.82) is 0 Å². The van der Waals surface area contributed by atoms with Crippen LogP contribution < -0.4 is 5.32 Å². The maximum absolute atomic E-state index is 11.7. The van der Waals surface area contributed by atoms with Gasteiger partial charge >= 0.3 is 0 Å². The standard InChI is InChI=1S/C11H13N3O3/c15-7-8(16)5-12-11(17)9-6-14-4-2-1-3-10(14)13-9/h1-4,6,8,15-16H,5,7H2,(H,12,17). The Labute approximate surface area is 97.5 Å². The van der Waals surface area contributed by atoms with Gasteiger partial charge in [0.1, 0.15) is 11.3 Å². The number of rotatable bonds is 4. The molecule has 1 amide bonds. The van der Waals surface area contributed by atoms with Crippen molar-refractivity contribution in [2.45, 2.75) is 6.10 Å². The van der Waals surface area contributed by atoms with E-state index in [4.69, 9.17) is 10.2 Å². The average Bonchev–Trinajstić information content (AvgIpc) is 2.79. The molecule has 1 unspecified atom stereocenters. The minimum atomic E-state index is -0.948. The zero-order chi connectivity index (χ0) is 12.3. The molecule has 0 fully saturated rings. The van der Waals surface area contributed by atoms with E-state index in [1.165, 1.54) is 0 Å². The molecule has 90 valence electrons. The van der Waals surface area contributed by atoms with E-state index >= 15 is 0 Å². The Balaban J connectivity index is 2.08. The summed E-state index contributed by atoms with van der Waals surface area (Å²) in [4.78, 5) is 15.8. The number of carbonyl (C=O) groups is 1. The van der Waals surface area contributed by atoms with Crippen LogP contribution in [-0.2, 0) is 0 Å². The second-order valence-corrected chi connectivity index (χ2v) is 3.64. The Morgan fingerprint density at radius 3 is 3.06 bits per heavy atom. The molecule has 0 aromatic carbocycles. The average molecular weight is 235 g/mol. The van der Waals surface area contributed by atoms with Crippen molar-refractivity contribution in [3.63, 3.8) is 0 Å². The smallest absolute Gasteiger partial charge is 0.271 e. The van der Waals surface area contributed by atoms with Crippen molar-refractivity contribution >= 4 is 11.6 Å². The van der Waals surface area contributed by atoms with Gasteiger partial charge in [-0.2, -0.15) is 0 Å². The van der Waals surface area contributed by atoms with Crippen LogP contribution in [0.15, 0.2) is 30.6 Å². The highest BCUT2D eigenvalue weighted by atomic mass is 16.3. The molecule has 0 radical (unpaired) electrons. The van der Waals surface area contributed by atoms with Gasteiger partial charge in [-0.3, -0.25) is 4.79 Å². The number of carbonyl (C=O) groups excluding carboxylic acids is 1. The minimum absolute atomic E-state index is 0.00318. The van der Waals surface area contributed by atoms with Crippen molar-refractivity contribution < 1.29 is 15.0 Å². The molecule has 1 atom stereocenters. The SMILES string of the molecule is O=C(NCC(O)CO)c1cn2ccccc2n1. The Hall–Kier alpha value is -1.92. The Morgan fingerprint density at radius 2 is 2.35 bits per heavy atom. The number of hydrogen-bond acceptors (Lipinski definition) is 4. The molecular formula is C11H13N3O3. The largest absolute Gasteiger partial charge is 0.394 e. The summed E-state index contributed by atoms with van der Waals surface area (Å²) < 4.78 is 1.73. The number of nitrogens with zero attached hydrogens (tertiary/aromatic N) is 2. The number of nitrogens with one attached hydrogen (secondary N) is 1. The van der Waals surface area contributed by atoms with Crippen LogP contribution in [-0.4, -0.2) is 44.8 Å². The number of aliphatic hydroxyl groups is 2. The van der Waals surface area contributed by atoms with Crippen LogP contribution in [0.1, 0.15) is 10.5 Å². The van der Waals surface area contributed by atoms with E-state index in [1.807, 2.05) is 12.1 Å². The summed E-state index contributed by atoms with van der Waals surface area (Å²) in [5.74, 6) is -0.374. The van der Waals surface area contributed by atoms with Gasteiger partial charge in [0.05, 0.1) is 12.7 Å². The predicted octanol–water partition coefficient (Wildman–Crippen LogP) is -0.583. The Kier molecular flexibility index (Phi) is 3.36. The maximum Gasteiger partial charge on any atom is 0.271 e. The van der Waals surface area contributed by atoms with Gasteiger partial charge in [0.15, 0.2) is 0 Å². The van der Waals surface area contributed by atoms with Gasteiger partial charge in [0, 0.05) is 18.9 Å². The summed E-state index contributed by atoms with van der Waals surface area (Å²) in [6, 6.07) is 5.46.